The van der Waals surface area contributed by atoms with Crippen LogP contribution in [0.2, 0.25) is 5.54 Å². The van der Waals surface area contributed by atoms with Gasteiger partial charge in [-0.25, -0.2) is 0 Å². The van der Waals surface area contributed by atoms with E-state index < -0.39 is 8.80 Å². The fraction of sp³-hybridized carbons (Fsp3) is 1.00. The molecule has 1 aliphatic rings. The minimum Gasteiger partial charge on any atom is -0.374 e. The Hall–Kier alpha value is 0.0969. The van der Waals surface area contributed by atoms with Crippen molar-refractivity contribution in [1.29, 1.82) is 0 Å². The predicted octanol–water partition coefficient (Wildman–Crippen LogP) is 4.93. The molecule has 1 fully saturated rings. The Morgan fingerprint density at radius 2 is 1.00 bits per heavy atom. The van der Waals surface area contributed by atoms with Gasteiger partial charge in [0.25, 0.3) is 0 Å². The predicted molar refractivity (Wildman–Crippen MR) is 85.9 cm³/mol. The van der Waals surface area contributed by atoms with Gasteiger partial charge in [0.05, 0.1) is 0 Å². The van der Waals surface area contributed by atoms with Gasteiger partial charge in [0, 0.05) is 25.4 Å². The molecule has 0 spiro atoms. The first-order valence-electron chi connectivity index (χ1n) is 8.70. The molecular formula is C16H34O3Si. The highest BCUT2D eigenvalue weighted by atomic mass is 28.4. The van der Waals surface area contributed by atoms with Crippen LogP contribution in [-0.4, -0.2) is 28.6 Å². The molecule has 0 aliphatic heterocycles. The zero-order valence-electron chi connectivity index (χ0n) is 13.8. The summed E-state index contributed by atoms with van der Waals surface area (Å²) in [4.78, 5) is 0. The third kappa shape index (κ3) is 5.84. The van der Waals surface area contributed by atoms with Crippen LogP contribution < -0.4 is 0 Å². The van der Waals surface area contributed by atoms with Crippen molar-refractivity contribution in [2.75, 3.05) is 19.8 Å². The quantitative estimate of drug-likeness (QED) is 0.624. The molecule has 0 saturated heterocycles. The van der Waals surface area contributed by atoms with E-state index in [1.165, 1.54) is 57.8 Å². The van der Waals surface area contributed by atoms with Crippen LogP contribution in [-0.2, 0) is 13.3 Å². The summed E-state index contributed by atoms with van der Waals surface area (Å²) in [5.74, 6) is 0. The molecule has 3 nitrogen and oxygen atoms in total. The maximum Gasteiger partial charge on any atom is 0.504 e. The average Bonchev–Trinajstić information content (AvgIpc) is 2.45. The maximum absolute atomic E-state index is 6.11. The molecule has 0 N–H and O–H groups in total. The van der Waals surface area contributed by atoms with E-state index in [4.69, 9.17) is 13.3 Å². The third-order valence-electron chi connectivity index (χ3n) is 4.14. The summed E-state index contributed by atoms with van der Waals surface area (Å²) in [5.41, 5.74) is 0.500. The van der Waals surface area contributed by atoms with Crippen molar-refractivity contribution in [2.24, 2.45) is 0 Å². The van der Waals surface area contributed by atoms with E-state index in [2.05, 4.69) is 20.8 Å². The lowest BCUT2D eigenvalue weighted by Crippen LogP contribution is -2.50. The van der Waals surface area contributed by atoms with Gasteiger partial charge < -0.3 is 13.3 Å². The van der Waals surface area contributed by atoms with E-state index in [-0.39, 0.29) is 0 Å². The lowest BCUT2D eigenvalue weighted by Gasteiger charge is -2.35. The van der Waals surface area contributed by atoms with Crippen LogP contribution in [0.5, 0.6) is 0 Å². The molecule has 1 saturated carbocycles. The van der Waals surface area contributed by atoms with E-state index in [1.54, 1.807) is 0 Å². The topological polar surface area (TPSA) is 27.7 Å². The van der Waals surface area contributed by atoms with Gasteiger partial charge in [-0.1, -0.05) is 44.9 Å². The first-order chi connectivity index (χ1) is 9.79. The molecular weight excluding hydrogens is 268 g/mol. The van der Waals surface area contributed by atoms with E-state index >= 15 is 0 Å². The Labute approximate surface area is 126 Å². The zero-order valence-corrected chi connectivity index (χ0v) is 14.8. The highest BCUT2D eigenvalue weighted by Gasteiger charge is 2.48. The Balaban J connectivity index is 2.75. The fourth-order valence-electron chi connectivity index (χ4n) is 3.25. The summed E-state index contributed by atoms with van der Waals surface area (Å²) >= 11 is 0. The molecule has 0 bridgehead atoms. The Kier molecular flexibility index (Phi) is 9.77. The highest BCUT2D eigenvalue weighted by molar-refractivity contribution is 6.62. The molecule has 0 aromatic rings. The van der Waals surface area contributed by atoms with Crippen LogP contribution in [0, 0.1) is 0 Å². The maximum atomic E-state index is 6.11. The van der Waals surface area contributed by atoms with Gasteiger partial charge in [-0.3, -0.25) is 0 Å². The molecule has 4 heteroatoms. The van der Waals surface area contributed by atoms with Crippen LogP contribution in [0.25, 0.3) is 0 Å². The summed E-state index contributed by atoms with van der Waals surface area (Å²) in [7, 11) is -2.49. The first kappa shape index (κ1) is 18.1. The van der Waals surface area contributed by atoms with Gasteiger partial charge in [0.15, 0.2) is 0 Å². The summed E-state index contributed by atoms with van der Waals surface area (Å²) in [6, 6.07) is 0. The second-order valence-corrected chi connectivity index (χ2v) is 8.54. The summed E-state index contributed by atoms with van der Waals surface area (Å²) in [6.45, 7) is 8.26. The van der Waals surface area contributed by atoms with Gasteiger partial charge in [0.1, 0.15) is 0 Å². The molecule has 20 heavy (non-hydrogen) atoms. The second kappa shape index (κ2) is 10.8. The Morgan fingerprint density at radius 1 is 0.650 bits per heavy atom. The SMILES string of the molecule is CCO[Si](OCC)(OCC)C1CCCCCCCCC1. The minimum absolute atomic E-state index is 0.500. The van der Waals surface area contributed by atoms with Crippen LogP contribution in [0.3, 0.4) is 0 Å². The smallest absolute Gasteiger partial charge is 0.374 e. The minimum atomic E-state index is -2.49. The molecule has 0 aromatic heterocycles. The van der Waals surface area contributed by atoms with Crippen LogP contribution in [0.15, 0.2) is 0 Å². The largest absolute Gasteiger partial charge is 0.504 e. The van der Waals surface area contributed by atoms with Gasteiger partial charge in [-0.2, -0.15) is 0 Å². The monoisotopic (exact) mass is 302 g/mol. The van der Waals surface area contributed by atoms with Crippen molar-refractivity contribution in [2.45, 2.75) is 84.1 Å². The van der Waals surface area contributed by atoms with Crippen molar-refractivity contribution in [3.8, 4) is 0 Å². The molecule has 1 rings (SSSR count). The molecule has 1 aliphatic carbocycles. The number of hydrogen-bond acceptors (Lipinski definition) is 3. The van der Waals surface area contributed by atoms with Crippen molar-refractivity contribution < 1.29 is 13.3 Å². The van der Waals surface area contributed by atoms with Crippen molar-refractivity contribution >= 4 is 8.80 Å². The molecule has 0 unspecified atom stereocenters. The van der Waals surface area contributed by atoms with Crippen LogP contribution in [0.4, 0.5) is 0 Å². The van der Waals surface area contributed by atoms with Gasteiger partial charge in [-0.05, 0) is 33.6 Å². The van der Waals surface area contributed by atoms with E-state index in [1.807, 2.05) is 0 Å². The lowest BCUT2D eigenvalue weighted by atomic mass is 10.0. The average molecular weight is 303 g/mol. The standard InChI is InChI=1S/C16H34O3Si/c1-4-17-20(18-5-2,19-6-3)16-14-12-10-8-7-9-11-13-15-16/h16H,4-15H2,1-3H3. The normalized spacial score (nSPS) is 19.9. The molecule has 0 atom stereocenters. The molecule has 120 valence electrons. The van der Waals surface area contributed by atoms with Gasteiger partial charge >= 0.3 is 8.80 Å². The highest BCUT2D eigenvalue weighted by Crippen LogP contribution is 2.36. The summed E-state index contributed by atoms with van der Waals surface area (Å²) < 4.78 is 18.3. The molecule has 0 heterocycles. The molecule has 0 radical (unpaired) electrons. The van der Waals surface area contributed by atoms with Crippen molar-refractivity contribution in [3.63, 3.8) is 0 Å². The zero-order chi connectivity index (χ0) is 14.7. The number of hydrogen-bond donors (Lipinski definition) is 0. The second-order valence-electron chi connectivity index (χ2n) is 5.65. The molecule has 0 aromatic carbocycles. The fourth-order valence-corrected chi connectivity index (χ4v) is 6.52. The van der Waals surface area contributed by atoms with E-state index in [0.29, 0.717) is 25.4 Å². The van der Waals surface area contributed by atoms with Crippen LogP contribution in [0.1, 0.15) is 78.6 Å². The Bertz CT molecular complexity index is 209. The number of rotatable bonds is 7. The van der Waals surface area contributed by atoms with Crippen molar-refractivity contribution in [1.82, 2.24) is 0 Å². The van der Waals surface area contributed by atoms with Crippen molar-refractivity contribution in [3.05, 3.63) is 0 Å². The van der Waals surface area contributed by atoms with Gasteiger partial charge in [0.2, 0.25) is 0 Å². The summed E-state index contributed by atoms with van der Waals surface area (Å²) in [5, 5.41) is 0. The lowest BCUT2D eigenvalue weighted by molar-refractivity contribution is 0.0578. The first-order valence-corrected chi connectivity index (χ1v) is 10.5. The molecule has 0 amide bonds. The Morgan fingerprint density at radius 3 is 1.35 bits per heavy atom. The van der Waals surface area contributed by atoms with Gasteiger partial charge in [-0.15, -0.1) is 0 Å². The third-order valence-corrected chi connectivity index (χ3v) is 7.79. The van der Waals surface area contributed by atoms with E-state index in [9.17, 15) is 0 Å². The van der Waals surface area contributed by atoms with Crippen LogP contribution >= 0.6 is 0 Å². The summed E-state index contributed by atoms with van der Waals surface area (Å²) in [6.07, 6.45) is 11.9. The van der Waals surface area contributed by atoms with E-state index in [0.717, 1.165) is 0 Å².